The van der Waals surface area contributed by atoms with Gasteiger partial charge in [-0.15, -0.1) is 0 Å². The minimum atomic E-state index is -3.83. The molecule has 0 aliphatic heterocycles. The van der Waals surface area contributed by atoms with Crippen LogP contribution in [0.15, 0.2) is 53.4 Å². The molecule has 2 aromatic rings. The van der Waals surface area contributed by atoms with E-state index >= 15 is 0 Å². The smallest absolute Gasteiger partial charge is 0.267 e. The average molecular weight is 303 g/mol. The predicted molar refractivity (Wildman–Crippen MR) is 81.6 cm³/mol. The number of carbonyl (C=O) groups is 1. The molecule has 0 bridgehead atoms. The largest absolute Gasteiger partial charge is 0.268 e. The van der Waals surface area contributed by atoms with E-state index in [1.807, 2.05) is 13.8 Å². The Balaban J connectivity index is 2.33. The molecule has 0 radical (unpaired) electrons. The zero-order valence-electron chi connectivity index (χ0n) is 12.2. The fraction of sp³-hybridized carbons (Fsp3) is 0.188. The van der Waals surface area contributed by atoms with E-state index in [2.05, 4.69) is 0 Å². The molecular weight excluding hydrogens is 286 g/mol. The summed E-state index contributed by atoms with van der Waals surface area (Å²) in [5.41, 5.74) is 2.32. The summed E-state index contributed by atoms with van der Waals surface area (Å²) in [7, 11) is -2.55. The molecule has 0 saturated carbocycles. The van der Waals surface area contributed by atoms with E-state index in [0.717, 1.165) is 15.4 Å². The van der Waals surface area contributed by atoms with Crippen LogP contribution in [0.1, 0.15) is 21.5 Å². The van der Waals surface area contributed by atoms with Gasteiger partial charge in [-0.05, 0) is 38.1 Å². The Morgan fingerprint density at radius 3 is 1.76 bits per heavy atom. The van der Waals surface area contributed by atoms with Gasteiger partial charge in [-0.1, -0.05) is 35.4 Å². The van der Waals surface area contributed by atoms with Crippen LogP contribution in [0.25, 0.3) is 0 Å². The van der Waals surface area contributed by atoms with E-state index in [9.17, 15) is 13.2 Å². The lowest BCUT2D eigenvalue weighted by atomic mass is 10.1. The summed E-state index contributed by atoms with van der Waals surface area (Å²) < 4.78 is 25.6. The Morgan fingerprint density at radius 2 is 1.29 bits per heavy atom. The molecular formula is C16H17NO3S. The standard InChI is InChI=1S/C16H17NO3S/c1-12-4-8-14(9-5-12)16(18)17(3)21(19,20)15-10-6-13(2)7-11-15/h4-11H,1-3H3. The number of aryl methyl sites for hydroxylation is 2. The lowest BCUT2D eigenvalue weighted by molar-refractivity contribution is 0.0883. The molecule has 0 N–H and O–H groups in total. The lowest BCUT2D eigenvalue weighted by Crippen LogP contribution is -2.33. The van der Waals surface area contributed by atoms with Gasteiger partial charge in [0.2, 0.25) is 0 Å². The Bertz CT molecular complexity index is 747. The van der Waals surface area contributed by atoms with Crippen molar-refractivity contribution >= 4 is 15.9 Å². The summed E-state index contributed by atoms with van der Waals surface area (Å²) in [4.78, 5) is 12.4. The van der Waals surface area contributed by atoms with Crippen LogP contribution in [-0.4, -0.2) is 25.7 Å². The third-order valence-electron chi connectivity index (χ3n) is 3.26. The monoisotopic (exact) mass is 303 g/mol. The maximum Gasteiger partial charge on any atom is 0.267 e. The molecule has 5 heteroatoms. The van der Waals surface area contributed by atoms with Crippen LogP contribution in [0.3, 0.4) is 0 Å². The molecule has 2 rings (SSSR count). The lowest BCUT2D eigenvalue weighted by Gasteiger charge is -2.17. The average Bonchev–Trinajstić information content (AvgIpc) is 2.47. The molecule has 0 aromatic heterocycles. The van der Waals surface area contributed by atoms with Crippen LogP contribution in [0, 0.1) is 13.8 Å². The Hall–Kier alpha value is -2.14. The molecule has 0 atom stereocenters. The summed E-state index contributed by atoms with van der Waals surface area (Å²) in [5.74, 6) is -0.546. The van der Waals surface area contributed by atoms with Crippen molar-refractivity contribution in [1.29, 1.82) is 0 Å². The molecule has 0 aliphatic rings. The van der Waals surface area contributed by atoms with Crippen molar-refractivity contribution in [2.24, 2.45) is 0 Å². The number of hydrogen-bond donors (Lipinski definition) is 0. The van der Waals surface area contributed by atoms with Gasteiger partial charge in [0.1, 0.15) is 0 Å². The number of benzene rings is 2. The van der Waals surface area contributed by atoms with Crippen molar-refractivity contribution in [2.45, 2.75) is 18.7 Å². The highest BCUT2D eigenvalue weighted by Crippen LogP contribution is 2.17. The van der Waals surface area contributed by atoms with Crippen LogP contribution in [-0.2, 0) is 10.0 Å². The van der Waals surface area contributed by atoms with E-state index in [1.54, 1.807) is 36.4 Å². The first-order valence-electron chi connectivity index (χ1n) is 6.49. The van der Waals surface area contributed by atoms with E-state index in [-0.39, 0.29) is 4.90 Å². The SMILES string of the molecule is Cc1ccc(C(=O)N(C)S(=O)(=O)c2ccc(C)cc2)cc1. The number of rotatable bonds is 3. The molecule has 110 valence electrons. The van der Waals surface area contributed by atoms with Gasteiger partial charge >= 0.3 is 0 Å². The minimum absolute atomic E-state index is 0.107. The molecule has 2 aromatic carbocycles. The molecule has 21 heavy (non-hydrogen) atoms. The second-order valence-electron chi connectivity index (χ2n) is 4.96. The quantitative estimate of drug-likeness (QED) is 0.876. The van der Waals surface area contributed by atoms with Gasteiger partial charge in [-0.3, -0.25) is 4.79 Å². The number of amides is 1. The highest BCUT2D eigenvalue weighted by atomic mass is 32.2. The van der Waals surface area contributed by atoms with Crippen molar-refractivity contribution in [3.8, 4) is 0 Å². The van der Waals surface area contributed by atoms with Crippen molar-refractivity contribution < 1.29 is 13.2 Å². The molecule has 0 unspecified atom stereocenters. The van der Waals surface area contributed by atoms with Crippen LogP contribution < -0.4 is 0 Å². The highest BCUT2D eigenvalue weighted by molar-refractivity contribution is 7.89. The Morgan fingerprint density at radius 1 is 0.857 bits per heavy atom. The van der Waals surface area contributed by atoms with Gasteiger partial charge in [0, 0.05) is 12.6 Å². The number of nitrogens with zero attached hydrogens (tertiary/aromatic N) is 1. The van der Waals surface area contributed by atoms with Crippen molar-refractivity contribution in [3.63, 3.8) is 0 Å². The summed E-state index contributed by atoms with van der Waals surface area (Å²) in [6.07, 6.45) is 0. The van der Waals surface area contributed by atoms with Crippen LogP contribution in [0.4, 0.5) is 0 Å². The maximum atomic E-state index is 12.4. The maximum absolute atomic E-state index is 12.4. The van der Waals surface area contributed by atoms with Crippen molar-refractivity contribution in [1.82, 2.24) is 4.31 Å². The third kappa shape index (κ3) is 3.13. The van der Waals surface area contributed by atoms with E-state index in [4.69, 9.17) is 0 Å². The summed E-state index contributed by atoms with van der Waals surface area (Å²) in [5, 5.41) is 0. The van der Waals surface area contributed by atoms with Gasteiger partial charge in [0.05, 0.1) is 4.90 Å². The minimum Gasteiger partial charge on any atom is -0.268 e. The summed E-state index contributed by atoms with van der Waals surface area (Å²) in [6, 6.07) is 13.2. The molecule has 0 saturated heterocycles. The first kappa shape index (κ1) is 15.3. The number of hydrogen-bond acceptors (Lipinski definition) is 3. The van der Waals surface area contributed by atoms with Crippen molar-refractivity contribution in [3.05, 3.63) is 65.2 Å². The molecule has 0 spiro atoms. The van der Waals surface area contributed by atoms with E-state index in [0.29, 0.717) is 5.56 Å². The van der Waals surface area contributed by atoms with Gasteiger partial charge in [0.25, 0.3) is 15.9 Å². The van der Waals surface area contributed by atoms with Gasteiger partial charge in [-0.2, -0.15) is 0 Å². The number of sulfonamides is 1. The predicted octanol–water partition coefficient (Wildman–Crippen LogP) is 2.76. The van der Waals surface area contributed by atoms with Gasteiger partial charge in [-0.25, -0.2) is 12.7 Å². The molecule has 0 heterocycles. The summed E-state index contributed by atoms with van der Waals surface area (Å²) >= 11 is 0. The zero-order valence-corrected chi connectivity index (χ0v) is 13.0. The Labute approximate surface area is 125 Å². The van der Waals surface area contributed by atoms with Crippen LogP contribution >= 0.6 is 0 Å². The third-order valence-corrected chi connectivity index (χ3v) is 5.02. The van der Waals surface area contributed by atoms with E-state index in [1.165, 1.54) is 19.2 Å². The normalized spacial score (nSPS) is 11.2. The first-order chi connectivity index (χ1) is 9.82. The fourth-order valence-electron chi connectivity index (χ4n) is 1.86. The topological polar surface area (TPSA) is 54.5 Å². The molecule has 1 amide bonds. The second-order valence-corrected chi connectivity index (χ2v) is 6.93. The van der Waals surface area contributed by atoms with Gasteiger partial charge < -0.3 is 0 Å². The summed E-state index contributed by atoms with van der Waals surface area (Å²) in [6.45, 7) is 3.78. The Kier molecular flexibility index (Phi) is 4.14. The number of carbonyl (C=O) groups excluding carboxylic acids is 1. The molecule has 0 aliphatic carbocycles. The molecule has 4 nitrogen and oxygen atoms in total. The van der Waals surface area contributed by atoms with Crippen LogP contribution in [0.5, 0.6) is 0 Å². The highest BCUT2D eigenvalue weighted by Gasteiger charge is 2.26. The fourth-order valence-corrected chi connectivity index (χ4v) is 2.98. The second kappa shape index (κ2) is 5.69. The van der Waals surface area contributed by atoms with E-state index < -0.39 is 15.9 Å². The zero-order chi connectivity index (χ0) is 15.6. The van der Waals surface area contributed by atoms with Gasteiger partial charge in [0.15, 0.2) is 0 Å². The van der Waals surface area contributed by atoms with Crippen molar-refractivity contribution in [2.75, 3.05) is 7.05 Å². The first-order valence-corrected chi connectivity index (χ1v) is 7.93. The van der Waals surface area contributed by atoms with Crippen LogP contribution in [0.2, 0.25) is 0 Å². The molecule has 0 fully saturated rings.